The van der Waals surface area contributed by atoms with Crippen LogP contribution in [-0.2, 0) is 0 Å². The van der Waals surface area contributed by atoms with E-state index in [0.717, 1.165) is 57.8 Å². The highest BCUT2D eigenvalue weighted by molar-refractivity contribution is 5.31. The van der Waals surface area contributed by atoms with Crippen molar-refractivity contribution >= 4 is 0 Å². The summed E-state index contributed by atoms with van der Waals surface area (Å²) in [5.41, 5.74) is 2.15. The number of allylic oxidation sites excluding steroid dienone is 2. The average Bonchev–Trinajstić information content (AvgIpc) is 2.90. The van der Waals surface area contributed by atoms with Crippen molar-refractivity contribution < 1.29 is 10.2 Å². The van der Waals surface area contributed by atoms with E-state index < -0.39 is 5.60 Å². The molecule has 0 radical (unpaired) electrons. The monoisotopic (exact) mass is 354 g/mol. The maximum Gasteiger partial charge on any atom is 0.130 e. The van der Waals surface area contributed by atoms with Crippen LogP contribution in [0, 0.1) is 41.4 Å². The van der Waals surface area contributed by atoms with Crippen LogP contribution in [0.25, 0.3) is 0 Å². The molecule has 142 valence electrons. The first-order valence-electron chi connectivity index (χ1n) is 10.6. The molecule has 0 saturated heterocycles. The van der Waals surface area contributed by atoms with Gasteiger partial charge in [-0.3, -0.25) is 0 Å². The molecule has 2 saturated carbocycles. The van der Waals surface area contributed by atoms with E-state index in [1.165, 1.54) is 6.42 Å². The SMILES string of the molecule is C#C[C@]1(O)CCC2C3CCC4=C(CC[C@@H](O)C4)C3[C@@H](CCC=C)C[C@@]21C. The average molecular weight is 355 g/mol. The summed E-state index contributed by atoms with van der Waals surface area (Å²) in [6, 6.07) is 0. The molecule has 0 aromatic carbocycles. The van der Waals surface area contributed by atoms with Crippen molar-refractivity contribution in [1.82, 2.24) is 0 Å². The number of rotatable bonds is 3. The molecule has 3 unspecified atom stereocenters. The Balaban J connectivity index is 1.73. The lowest BCUT2D eigenvalue weighted by molar-refractivity contribution is -0.0943. The molecule has 4 aliphatic carbocycles. The van der Waals surface area contributed by atoms with Gasteiger partial charge in [-0.15, -0.1) is 13.0 Å². The molecule has 0 aromatic heterocycles. The first-order valence-corrected chi connectivity index (χ1v) is 10.6. The van der Waals surface area contributed by atoms with Crippen molar-refractivity contribution in [3.05, 3.63) is 23.8 Å². The highest BCUT2D eigenvalue weighted by atomic mass is 16.3. The molecular weight excluding hydrogens is 320 g/mol. The molecule has 2 N–H and O–H groups in total. The maximum absolute atomic E-state index is 11.3. The van der Waals surface area contributed by atoms with Gasteiger partial charge < -0.3 is 10.2 Å². The Hall–Kier alpha value is -1.04. The van der Waals surface area contributed by atoms with E-state index in [1.54, 1.807) is 11.1 Å². The minimum absolute atomic E-state index is 0.135. The zero-order valence-corrected chi connectivity index (χ0v) is 16.2. The van der Waals surface area contributed by atoms with Crippen LogP contribution >= 0.6 is 0 Å². The second-order valence-electron chi connectivity index (χ2n) is 9.65. The third-order valence-electron chi connectivity index (χ3n) is 8.60. The summed E-state index contributed by atoms with van der Waals surface area (Å²) < 4.78 is 0. The predicted octanol–water partition coefficient (Wildman–Crippen LogP) is 4.62. The molecule has 0 amide bonds. The molecule has 4 rings (SSSR count). The fourth-order valence-electron chi connectivity index (χ4n) is 7.35. The second-order valence-corrected chi connectivity index (χ2v) is 9.65. The lowest BCUT2D eigenvalue weighted by Crippen LogP contribution is -2.54. The number of fused-ring (bicyclic) bond motifs is 4. The molecule has 0 aliphatic heterocycles. The second kappa shape index (κ2) is 6.54. The molecule has 0 spiro atoms. The lowest BCUT2D eigenvalue weighted by atomic mass is 9.48. The molecule has 0 bridgehead atoms. The zero-order valence-electron chi connectivity index (χ0n) is 16.2. The van der Waals surface area contributed by atoms with E-state index in [9.17, 15) is 10.2 Å². The quantitative estimate of drug-likeness (QED) is 0.573. The first kappa shape index (κ1) is 18.3. The Morgan fingerprint density at radius 2 is 2.12 bits per heavy atom. The number of aliphatic hydroxyl groups excluding tert-OH is 1. The minimum Gasteiger partial charge on any atom is -0.393 e. The summed E-state index contributed by atoms with van der Waals surface area (Å²) in [4.78, 5) is 0. The Labute approximate surface area is 158 Å². The van der Waals surface area contributed by atoms with E-state index in [-0.39, 0.29) is 11.5 Å². The third-order valence-corrected chi connectivity index (χ3v) is 8.60. The molecule has 2 fully saturated rings. The van der Waals surface area contributed by atoms with Crippen molar-refractivity contribution in [2.75, 3.05) is 0 Å². The first-order chi connectivity index (χ1) is 12.4. The lowest BCUT2D eigenvalue weighted by Gasteiger charge is -2.56. The summed E-state index contributed by atoms with van der Waals surface area (Å²) in [5, 5.41) is 21.4. The van der Waals surface area contributed by atoms with E-state index >= 15 is 0 Å². The molecule has 4 aliphatic rings. The van der Waals surface area contributed by atoms with Gasteiger partial charge in [0.25, 0.3) is 0 Å². The van der Waals surface area contributed by atoms with Crippen LogP contribution in [0.1, 0.15) is 71.1 Å². The number of hydrogen-bond donors (Lipinski definition) is 2. The van der Waals surface area contributed by atoms with Gasteiger partial charge in [0.2, 0.25) is 0 Å². The van der Waals surface area contributed by atoms with E-state index in [1.807, 2.05) is 6.08 Å². The van der Waals surface area contributed by atoms with Crippen LogP contribution in [0.2, 0.25) is 0 Å². The van der Waals surface area contributed by atoms with Gasteiger partial charge in [-0.25, -0.2) is 0 Å². The summed E-state index contributed by atoms with van der Waals surface area (Å²) >= 11 is 0. The number of aliphatic hydroxyl groups is 2. The molecular formula is C24H34O2. The summed E-state index contributed by atoms with van der Waals surface area (Å²) in [6.07, 6.45) is 18.0. The maximum atomic E-state index is 11.3. The van der Waals surface area contributed by atoms with Crippen LogP contribution in [-0.4, -0.2) is 21.9 Å². The smallest absolute Gasteiger partial charge is 0.130 e. The number of terminal acetylenes is 1. The molecule has 7 atom stereocenters. The van der Waals surface area contributed by atoms with Gasteiger partial charge in [0, 0.05) is 5.41 Å². The van der Waals surface area contributed by atoms with Crippen molar-refractivity contribution in [3.8, 4) is 12.3 Å². The largest absolute Gasteiger partial charge is 0.393 e. The van der Waals surface area contributed by atoms with Crippen LogP contribution in [0.5, 0.6) is 0 Å². The summed E-state index contributed by atoms with van der Waals surface area (Å²) in [6.45, 7) is 6.22. The predicted molar refractivity (Wildman–Crippen MR) is 105 cm³/mol. The topological polar surface area (TPSA) is 40.5 Å². The van der Waals surface area contributed by atoms with Crippen molar-refractivity contribution in [2.24, 2.45) is 29.1 Å². The van der Waals surface area contributed by atoms with Gasteiger partial charge in [-0.05, 0) is 87.9 Å². The van der Waals surface area contributed by atoms with Crippen LogP contribution in [0.4, 0.5) is 0 Å². The van der Waals surface area contributed by atoms with Crippen molar-refractivity contribution in [3.63, 3.8) is 0 Å². The van der Waals surface area contributed by atoms with Gasteiger partial charge in [0.05, 0.1) is 6.10 Å². The van der Waals surface area contributed by atoms with Crippen LogP contribution in [0.15, 0.2) is 23.8 Å². The van der Waals surface area contributed by atoms with Gasteiger partial charge in [0.1, 0.15) is 5.60 Å². The normalized spacial score (nSPS) is 47.5. The van der Waals surface area contributed by atoms with Gasteiger partial charge >= 0.3 is 0 Å². The minimum atomic E-state index is -0.938. The Morgan fingerprint density at radius 1 is 1.31 bits per heavy atom. The van der Waals surface area contributed by atoms with Gasteiger partial charge in [-0.1, -0.05) is 30.1 Å². The van der Waals surface area contributed by atoms with Crippen molar-refractivity contribution in [2.45, 2.75) is 82.8 Å². The number of hydrogen-bond acceptors (Lipinski definition) is 2. The molecule has 0 heterocycles. The van der Waals surface area contributed by atoms with E-state index in [4.69, 9.17) is 6.42 Å². The van der Waals surface area contributed by atoms with Crippen molar-refractivity contribution in [1.29, 1.82) is 0 Å². The highest BCUT2D eigenvalue weighted by Crippen LogP contribution is 2.66. The summed E-state index contributed by atoms with van der Waals surface area (Å²) in [7, 11) is 0. The fourth-order valence-corrected chi connectivity index (χ4v) is 7.35. The van der Waals surface area contributed by atoms with Crippen LogP contribution in [0.3, 0.4) is 0 Å². The fraction of sp³-hybridized carbons (Fsp3) is 0.750. The zero-order chi connectivity index (χ0) is 18.5. The Bertz CT molecular complexity index is 656. The van der Waals surface area contributed by atoms with Gasteiger partial charge in [0.15, 0.2) is 0 Å². The van der Waals surface area contributed by atoms with E-state index in [0.29, 0.717) is 23.7 Å². The molecule has 2 heteroatoms. The molecule has 0 aromatic rings. The van der Waals surface area contributed by atoms with Crippen LogP contribution < -0.4 is 0 Å². The Kier molecular flexibility index (Phi) is 4.61. The highest BCUT2D eigenvalue weighted by Gasteiger charge is 2.63. The van der Waals surface area contributed by atoms with E-state index in [2.05, 4.69) is 19.4 Å². The Morgan fingerprint density at radius 3 is 2.85 bits per heavy atom. The van der Waals surface area contributed by atoms with Gasteiger partial charge in [-0.2, -0.15) is 0 Å². The molecule has 26 heavy (non-hydrogen) atoms. The summed E-state index contributed by atoms with van der Waals surface area (Å²) in [5.74, 6) is 5.22. The molecule has 2 nitrogen and oxygen atoms in total. The third kappa shape index (κ3) is 2.54. The standard InChI is InChI=1S/C24H34O2/c1-4-6-7-17-15-23(3)21(12-13-24(23,26)5-2)20-10-8-16-14-18(25)9-11-19(16)22(17)20/h2,4,17-18,20-22,25-26H,1,6-15H2,3H3/t17-,18+,20?,21?,22?,23-,24-/m0/s1.